The lowest BCUT2D eigenvalue weighted by molar-refractivity contribution is 0.0359. The van der Waals surface area contributed by atoms with Gasteiger partial charge < -0.3 is 15.4 Å². The number of hydrogen-bond acceptors (Lipinski definition) is 7. The summed E-state index contributed by atoms with van der Waals surface area (Å²) in [6, 6.07) is 8.88. The first-order valence-corrected chi connectivity index (χ1v) is 8.63. The molecule has 27 heavy (non-hydrogen) atoms. The number of benzene rings is 1. The van der Waals surface area contributed by atoms with Crippen LogP contribution >= 0.6 is 0 Å². The van der Waals surface area contributed by atoms with Gasteiger partial charge in [-0.2, -0.15) is 0 Å². The van der Waals surface area contributed by atoms with Crippen LogP contribution in [0.4, 0.5) is 11.4 Å². The van der Waals surface area contributed by atoms with Gasteiger partial charge in [0.1, 0.15) is 5.75 Å². The Hall–Kier alpha value is -3.20. The normalized spacial score (nSPS) is 13.0. The first-order chi connectivity index (χ1) is 13.1. The van der Waals surface area contributed by atoms with Gasteiger partial charge in [-0.1, -0.05) is 12.1 Å². The monoisotopic (exact) mass is 371 g/mol. The van der Waals surface area contributed by atoms with E-state index in [0.29, 0.717) is 23.7 Å². The molecule has 1 fully saturated rings. The zero-order chi connectivity index (χ0) is 19.2. The van der Waals surface area contributed by atoms with Crippen LogP contribution in [-0.2, 0) is 4.84 Å². The molecular formula is C18H21N5O4. The second-order valence-corrected chi connectivity index (χ2v) is 5.93. The zero-order valence-electron chi connectivity index (χ0n) is 15.1. The highest BCUT2D eigenvalue weighted by Crippen LogP contribution is 2.28. The van der Waals surface area contributed by atoms with Crippen LogP contribution in [0.5, 0.6) is 5.75 Å². The molecule has 0 atom stereocenters. The third-order valence-corrected chi connectivity index (χ3v) is 3.84. The molecule has 1 aliphatic rings. The van der Waals surface area contributed by atoms with Crippen molar-refractivity contribution >= 4 is 23.2 Å². The van der Waals surface area contributed by atoms with Crippen molar-refractivity contribution in [3.8, 4) is 5.75 Å². The molecule has 1 saturated carbocycles. The molecule has 0 aliphatic heterocycles. The minimum atomic E-state index is -0.573. The smallest absolute Gasteiger partial charge is 0.297 e. The van der Waals surface area contributed by atoms with E-state index in [2.05, 4.69) is 26.3 Å². The van der Waals surface area contributed by atoms with Crippen molar-refractivity contribution in [2.75, 3.05) is 19.0 Å². The number of hydroxylamine groups is 1. The first kappa shape index (κ1) is 18.6. The van der Waals surface area contributed by atoms with Gasteiger partial charge in [0.2, 0.25) is 0 Å². The molecule has 3 N–H and O–H groups in total. The molecule has 9 nitrogen and oxygen atoms in total. The van der Waals surface area contributed by atoms with Gasteiger partial charge in [0.25, 0.3) is 11.8 Å². The molecule has 142 valence electrons. The van der Waals surface area contributed by atoms with Crippen molar-refractivity contribution in [1.29, 1.82) is 0 Å². The number of nitrogens with one attached hydrogen (secondary N) is 3. The van der Waals surface area contributed by atoms with Crippen molar-refractivity contribution in [2.24, 2.45) is 0 Å². The fourth-order valence-electron chi connectivity index (χ4n) is 2.33. The number of amides is 2. The summed E-state index contributed by atoms with van der Waals surface area (Å²) >= 11 is 0. The van der Waals surface area contributed by atoms with E-state index in [9.17, 15) is 9.59 Å². The molecule has 0 saturated heterocycles. The van der Waals surface area contributed by atoms with Gasteiger partial charge in [-0.25, -0.2) is 5.48 Å². The second kappa shape index (κ2) is 8.45. The van der Waals surface area contributed by atoms with Crippen LogP contribution in [0.3, 0.4) is 0 Å². The van der Waals surface area contributed by atoms with Crippen LogP contribution in [0.15, 0.2) is 30.3 Å². The number of carbonyl (C=O) groups is 2. The molecule has 0 bridgehead atoms. The van der Waals surface area contributed by atoms with Gasteiger partial charge in [-0.05, 0) is 38.0 Å². The van der Waals surface area contributed by atoms with E-state index in [4.69, 9.17) is 9.57 Å². The zero-order valence-corrected chi connectivity index (χ0v) is 15.1. The van der Waals surface area contributed by atoms with Crippen molar-refractivity contribution in [3.05, 3.63) is 41.7 Å². The fourth-order valence-corrected chi connectivity index (χ4v) is 2.33. The lowest BCUT2D eigenvalue weighted by Crippen LogP contribution is -2.29. The second-order valence-electron chi connectivity index (χ2n) is 5.93. The molecule has 0 unspecified atom stereocenters. The first-order valence-electron chi connectivity index (χ1n) is 8.63. The Morgan fingerprint density at radius 3 is 2.63 bits per heavy atom. The van der Waals surface area contributed by atoms with Crippen molar-refractivity contribution < 1.29 is 19.2 Å². The average molecular weight is 371 g/mol. The molecule has 2 amide bonds. The molecule has 1 heterocycles. The molecule has 9 heteroatoms. The van der Waals surface area contributed by atoms with E-state index < -0.39 is 5.91 Å². The maximum Gasteiger partial charge on any atom is 0.297 e. The number of ether oxygens (including phenoxy) is 1. The maximum atomic E-state index is 12.3. The van der Waals surface area contributed by atoms with Crippen LogP contribution in [0.2, 0.25) is 0 Å². The van der Waals surface area contributed by atoms with Gasteiger partial charge in [-0.3, -0.25) is 14.4 Å². The van der Waals surface area contributed by atoms with E-state index in [1.54, 1.807) is 26.2 Å². The predicted molar refractivity (Wildman–Crippen MR) is 97.9 cm³/mol. The summed E-state index contributed by atoms with van der Waals surface area (Å²) in [4.78, 5) is 29.6. The number of rotatable bonds is 8. The lowest BCUT2D eigenvalue weighted by atomic mass is 10.2. The third kappa shape index (κ3) is 4.70. The van der Waals surface area contributed by atoms with E-state index in [1.807, 2.05) is 12.1 Å². The molecular weight excluding hydrogens is 350 g/mol. The number of anilines is 2. The third-order valence-electron chi connectivity index (χ3n) is 3.84. The van der Waals surface area contributed by atoms with Gasteiger partial charge in [0, 0.05) is 6.04 Å². The van der Waals surface area contributed by atoms with Crippen LogP contribution in [-0.4, -0.2) is 41.8 Å². The predicted octanol–water partition coefficient (Wildman–Crippen LogP) is 1.80. The number of methoxy groups -OCH3 is 1. The molecule has 0 radical (unpaired) electrons. The van der Waals surface area contributed by atoms with Crippen LogP contribution in [0.1, 0.15) is 40.7 Å². The summed E-state index contributed by atoms with van der Waals surface area (Å²) in [6.07, 6.45) is 1.92. The van der Waals surface area contributed by atoms with Crippen molar-refractivity contribution in [3.63, 3.8) is 0 Å². The summed E-state index contributed by atoms with van der Waals surface area (Å²) in [6.45, 7) is 2.04. The van der Waals surface area contributed by atoms with Crippen molar-refractivity contribution in [2.45, 2.75) is 25.8 Å². The van der Waals surface area contributed by atoms with Gasteiger partial charge in [0.15, 0.2) is 11.4 Å². The Morgan fingerprint density at radius 2 is 1.93 bits per heavy atom. The van der Waals surface area contributed by atoms with E-state index in [1.165, 1.54) is 6.07 Å². The van der Waals surface area contributed by atoms with Crippen LogP contribution in [0.25, 0.3) is 0 Å². The largest absolute Gasteiger partial charge is 0.495 e. The number of hydrogen-bond donors (Lipinski definition) is 3. The highest BCUT2D eigenvalue weighted by molar-refractivity contribution is 6.00. The average Bonchev–Trinajstić information content (AvgIpc) is 3.50. The van der Waals surface area contributed by atoms with E-state index in [-0.39, 0.29) is 23.3 Å². The number of para-hydroxylation sites is 2. The Morgan fingerprint density at radius 1 is 1.15 bits per heavy atom. The SMILES string of the molecule is CCONC(=O)c1nnc(C(=O)NC2CC2)cc1Nc1ccccc1OC. The van der Waals surface area contributed by atoms with Crippen molar-refractivity contribution in [1.82, 2.24) is 21.0 Å². The fraction of sp³-hybridized carbons (Fsp3) is 0.333. The summed E-state index contributed by atoms with van der Waals surface area (Å²) < 4.78 is 5.32. The molecule has 0 spiro atoms. The number of carbonyl (C=O) groups excluding carboxylic acids is 2. The van der Waals surface area contributed by atoms with Gasteiger partial charge in [-0.15, -0.1) is 10.2 Å². The Bertz CT molecular complexity index is 838. The number of nitrogens with zero attached hydrogens (tertiary/aromatic N) is 2. The molecule has 1 aliphatic carbocycles. The quantitative estimate of drug-likeness (QED) is 0.606. The highest BCUT2D eigenvalue weighted by atomic mass is 16.6. The molecule has 1 aromatic carbocycles. The van der Waals surface area contributed by atoms with Crippen LogP contribution in [0, 0.1) is 0 Å². The van der Waals surface area contributed by atoms with Crippen LogP contribution < -0.4 is 20.9 Å². The van der Waals surface area contributed by atoms with E-state index >= 15 is 0 Å². The summed E-state index contributed by atoms with van der Waals surface area (Å²) in [5.74, 6) is -0.324. The Kier molecular flexibility index (Phi) is 5.82. The topological polar surface area (TPSA) is 114 Å². The summed E-state index contributed by atoms with van der Waals surface area (Å²) in [5, 5.41) is 13.7. The minimum Gasteiger partial charge on any atom is -0.495 e. The standard InChI is InChI=1S/C18H21N5O4/c1-3-27-23-18(25)16-13(20-12-6-4-5-7-15(12)26-2)10-14(21-22-16)17(24)19-11-8-9-11/h4-7,10-11H,3,8-9H2,1-2H3,(H,19,24)(H,20,21)(H,23,25). The number of aromatic nitrogens is 2. The molecule has 1 aromatic heterocycles. The maximum absolute atomic E-state index is 12.3. The van der Waals surface area contributed by atoms with Gasteiger partial charge >= 0.3 is 0 Å². The van der Waals surface area contributed by atoms with E-state index in [0.717, 1.165) is 12.8 Å². The molecule has 2 aromatic rings. The summed E-state index contributed by atoms with van der Waals surface area (Å²) in [5.41, 5.74) is 3.33. The van der Waals surface area contributed by atoms with Gasteiger partial charge in [0.05, 0.1) is 25.1 Å². The Balaban J connectivity index is 1.92. The molecule has 3 rings (SSSR count). The highest BCUT2D eigenvalue weighted by Gasteiger charge is 2.26. The minimum absolute atomic E-state index is 0.00247. The Labute approximate surface area is 156 Å². The lowest BCUT2D eigenvalue weighted by Gasteiger charge is -2.14. The summed E-state index contributed by atoms with van der Waals surface area (Å²) in [7, 11) is 1.54.